The molecule has 0 spiro atoms. The maximum atomic E-state index is 12.2. The van der Waals surface area contributed by atoms with Crippen LogP contribution in [0.25, 0.3) is 0 Å². The third kappa shape index (κ3) is 3.68. The predicted octanol–water partition coefficient (Wildman–Crippen LogP) is -1.02. The van der Waals surface area contributed by atoms with E-state index >= 15 is 0 Å². The van der Waals surface area contributed by atoms with Crippen molar-refractivity contribution in [3.63, 3.8) is 0 Å². The molecule has 1 saturated heterocycles. The Hall–Kier alpha value is -1.18. The van der Waals surface area contributed by atoms with E-state index in [1.54, 1.807) is 0 Å². The predicted molar refractivity (Wildman–Crippen MR) is 73.5 cm³/mol. The van der Waals surface area contributed by atoms with Crippen LogP contribution in [0.3, 0.4) is 0 Å². The van der Waals surface area contributed by atoms with E-state index in [0.29, 0.717) is 32.3 Å². The summed E-state index contributed by atoms with van der Waals surface area (Å²) in [6, 6.07) is 0.000765. The van der Waals surface area contributed by atoms with Gasteiger partial charge in [-0.15, -0.1) is 0 Å². The Kier molecular flexibility index (Phi) is 4.62. The van der Waals surface area contributed by atoms with E-state index < -0.39 is 5.41 Å². The topological polar surface area (TPSA) is 96.7 Å². The quantitative estimate of drug-likeness (QED) is 0.341. The number of ether oxygens (including phenoxy) is 1. The van der Waals surface area contributed by atoms with Crippen LogP contribution < -0.4 is 16.6 Å². The van der Waals surface area contributed by atoms with E-state index in [2.05, 4.69) is 10.7 Å². The van der Waals surface area contributed by atoms with Crippen molar-refractivity contribution in [3.05, 3.63) is 0 Å². The van der Waals surface area contributed by atoms with Crippen LogP contribution in [0, 0.1) is 5.41 Å². The molecular formula is C13H24N4O3. The van der Waals surface area contributed by atoms with Crippen LogP contribution in [0.15, 0.2) is 0 Å². The van der Waals surface area contributed by atoms with Crippen molar-refractivity contribution in [2.75, 3.05) is 26.3 Å². The van der Waals surface area contributed by atoms with Gasteiger partial charge in [-0.05, 0) is 26.7 Å². The van der Waals surface area contributed by atoms with Gasteiger partial charge in [0, 0.05) is 19.1 Å². The molecule has 20 heavy (non-hydrogen) atoms. The lowest BCUT2D eigenvalue weighted by Gasteiger charge is -2.38. The molecule has 2 rings (SSSR count). The number of amides is 2. The highest BCUT2D eigenvalue weighted by molar-refractivity contribution is 5.83. The number of morpholine rings is 1. The van der Waals surface area contributed by atoms with E-state index in [1.165, 1.54) is 0 Å². The van der Waals surface area contributed by atoms with Gasteiger partial charge in [-0.2, -0.15) is 0 Å². The van der Waals surface area contributed by atoms with Crippen LogP contribution in [0.1, 0.15) is 26.7 Å². The van der Waals surface area contributed by atoms with E-state index in [0.717, 1.165) is 12.8 Å². The van der Waals surface area contributed by atoms with Gasteiger partial charge in [0.1, 0.15) is 6.04 Å². The van der Waals surface area contributed by atoms with Crippen molar-refractivity contribution in [1.82, 2.24) is 15.6 Å². The van der Waals surface area contributed by atoms with Crippen LogP contribution in [-0.4, -0.2) is 55.1 Å². The molecule has 0 radical (unpaired) electrons. The van der Waals surface area contributed by atoms with Gasteiger partial charge in [-0.1, -0.05) is 0 Å². The molecule has 7 nitrogen and oxygen atoms in total. The number of hydrogen-bond donors (Lipinski definition) is 3. The summed E-state index contributed by atoms with van der Waals surface area (Å²) in [5.74, 6) is 4.98. The SMILES string of the molecule is CC(C)(CN1CCOCC1C(=O)NC1CC1)C(=O)NN. The molecule has 2 amide bonds. The van der Waals surface area contributed by atoms with Gasteiger partial charge in [0.15, 0.2) is 0 Å². The minimum absolute atomic E-state index is 0.00356. The number of carbonyl (C=O) groups excluding carboxylic acids is 2. The van der Waals surface area contributed by atoms with Crippen molar-refractivity contribution in [1.29, 1.82) is 0 Å². The fraction of sp³-hybridized carbons (Fsp3) is 0.846. The number of nitrogens with one attached hydrogen (secondary N) is 2. The Morgan fingerprint density at radius 2 is 2.10 bits per heavy atom. The normalized spacial score (nSPS) is 24.2. The Bertz CT molecular complexity index is 382. The Morgan fingerprint density at radius 1 is 1.40 bits per heavy atom. The summed E-state index contributed by atoms with van der Waals surface area (Å²) in [5.41, 5.74) is 1.54. The molecule has 1 aliphatic heterocycles. The lowest BCUT2D eigenvalue weighted by Crippen LogP contribution is -2.58. The smallest absolute Gasteiger partial charge is 0.240 e. The van der Waals surface area contributed by atoms with Crippen molar-refractivity contribution in [3.8, 4) is 0 Å². The number of hydrogen-bond acceptors (Lipinski definition) is 5. The van der Waals surface area contributed by atoms with E-state index in [4.69, 9.17) is 10.6 Å². The Balaban J connectivity index is 1.98. The fourth-order valence-electron chi connectivity index (χ4n) is 2.37. The zero-order valence-corrected chi connectivity index (χ0v) is 12.1. The first-order valence-electron chi connectivity index (χ1n) is 7.07. The van der Waals surface area contributed by atoms with Crippen LogP contribution in [0.4, 0.5) is 0 Å². The van der Waals surface area contributed by atoms with Crippen LogP contribution in [0.2, 0.25) is 0 Å². The number of nitrogens with zero attached hydrogens (tertiary/aromatic N) is 1. The zero-order chi connectivity index (χ0) is 14.8. The standard InChI is InChI=1S/C13H24N4O3/c1-13(2,12(19)16-14)8-17-5-6-20-7-10(17)11(18)15-9-3-4-9/h9-10H,3-8,14H2,1-2H3,(H,15,18)(H,16,19). The van der Waals surface area contributed by atoms with E-state index in [1.807, 2.05) is 18.7 Å². The molecule has 1 unspecified atom stereocenters. The molecule has 1 atom stereocenters. The number of carbonyl (C=O) groups is 2. The second-order valence-corrected chi connectivity index (χ2v) is 6.20. The molecule has 1 heterocycles. The molecule has 0 aromatic heterocycles. The summed E-state index contributed by atoms with van der Waals surface area (Å²) < 4.78 is 5.41. The number of rotatable bonds is 5. The highest BCUT2D eigenvalue weighted by Gasteiger charge is 2.37. The first-order chi connectivity index (χ1) is 9.44. The van der Waals surface area contributed by atoms with Crippen LogP contribution >= 0.6 is 0 Å². The minimum Gasteiger partial charge on any atom is -0.378 e. The molecule has 0 aromatic carbocycles. The molecule has 114 valence electrons. The lowest BCUT2D eigenvalue weighted by atomic mass is 9.91. The molecule has 0 aromatic rings. The minimum atomic E-state index is -0.649. The van der Waals surface area contributed by atoms with Crippen molar-refractivity contribution in [2.24, 2.45) is 11.3 Å². The maximum absolute atomic E-state index is 12.2. The largest absolute Gasteiger partial charge is 0.378 e. The first-order valence-corrected chi connectivity index (χ1v) is 7.07. The second kappa shape index (κ2) is 6.07. The van der Waals surface area contributed by atoms with Gasteiger partial charge in [0.2, 0.25) is 11.8 Å². The van der Waals surface area contributed by atoms with Crippen molar-refractivity contribution >= 4 is 11.8 Å². The van der Waals surface area contributed by atoms with Gasteiger partial charge in [-0.25, -0.2) is 5.84 Å². The van der Waals surface area contributed by atoms with Gasteiger partial charge in [-0.3, -0.25) is 19.9 Å². The maximum Gasteiger partial charge on any atom is 0.240 e. The number of nitrogens with two attached hydrogens (primary N) is 1. The van der Waals surface area contributed by atoms with Gasteiger partial charge in [0.25, 0.3) is 0 Å². The molecule has 0 bridgehead atoms. The summed E-state index contributed by atoms with van der Waals surface area (Å²) in [7, 11) is 0. The third-order valence-corrected chi connectivity index (χ3v) is 3.81. The van der Waals surface area contributed by atoms with E-state index in [-0.39, 0.29) is 17.9 Å². The second-order valence-electron chi connectivity index (χ2n) is 6.20. The van der Waals surface area contributed by atoms with Crippen LogP contribution in [-0.2, 0) is 14.3 Å². The summed E-state index contributed by atoms with van der Waals surface area (Å²) in [5, 5.41) is 3.00. The van der Waals surface area contributed by atoms with Gasteiger partial charge >= 0.3 is 0 Å². The Labute approximate surface area is 119 Å². The third-order valence-electron chi connectivity index (χ3n) is 3.81. The summed E-state index contributed by atoms with van der Waals surface area (Å²) in [6.07, 6.45) is 2.11. The molecule has 2 aliphatic rings. The average Bonchev–Trinajstić information content (AvgIpc) is 3.21. The number of hydrazine groups is 1. The molecule has 2 fully saturated rings. The van der Waals surface area contributed by atoms with Gasteiger partial charge < -0.3 is 10.1 Å². The lowest BCUT2D eigenvalue weighted by molar-refractivity contribution is -0.139. The molecule has 7 heteroatoms. The molecular weight excluding hydrogens is 260 g/mol. The average molecular weight is 284 g/mol. The highest BCUT2D eigenvalue weighted by atomic mass is 16.5. The zero-order valence-electron chi connectivity index (χ0n) is 12.1. The van der Waals surface area contributed by atoms with Crippen LogP contribution in [0.5, 0.6) is 0 Å². The molecule has 1 saturated carbocycles. The van der Waals surface area contributed by atoms with Crippen molar-refractivity contribution in [2.45, 2.75) is 38.8 Å². The summed E-state index contributed by atoms with van der Waals surface area (Å²) in [6.45, 7) is 5.71. The monoisotopic (exact) mass is 284 g/mol. The first kappa shape index (κ1) is 15.2. The summed E-state index contributed by atoms with van der Waals surface area (Å²) in [4.78, 5) is 26.0. The Morgan fingerprint density at radius 3 is 2.70 bits per heavy atom. The molecule has 1 aliphatic carbocycles. The van der Waals surface area contributed by atoms with E-state index in [9.17, 15) is 9.59 Å². The van der Waals surface area contributed by atoms with Crippen molar-refractivity contribution < 1.29 is 14.3 Å². The highest BCUT2D eigenvalue weighted by Crippen LogP contribution is 2.22. The fourth-order valence-corrected chi connectivity index (χ4v) is 2.37. The summed E-state index contributed by atoms with van der Waals surface area (Å²) >= 11 is 0. The molecule has 4 N–H and O–H groups in total. The van der Waals surface area contributed by atoms with Gasteiger partial charge in [0.05, 0.1) is 18.6 Å².